The van der Waals surface area contributed by atoms with Gasteiger partial charge < -0.3 is 10.1 Å². The molecule has 10 heteroatoms. The number of carbonyl (C=O) groups excluding carboxylic acids is 2. The third-order valence-corrected chi connectivity index (χ3v) is 6.63. The van der Waals surface area contributed by atoms with Crippen LogP contribution in [0.1, 0.15) is 12.8 Å². The number of piperidine rings is 1. The Balaban J connectivity index is 1.48. The lowest BCUT2D eigenvalue weighted by Crippen LogP contribution is -2.40. The minimum atomic E-state index is -3.63. The number of nitrogens with zero attached hydrogens (tertiary/aromatic N) is 1. The molecule has 0 aromatic heterocycles. The molecule has 0 saturated carbocycles. The number of hydrogen-bond acceptors (Lipinski definition) is 5. The van der Waals surface area contributed by atoms with Gasteiger partial charge in [-0.25, -0.2) is 17.2 Å². The summed E-state index contributed by atoms with van der Waals surface area (Å²) in [7, 11) is -3.63. The van der Waals surface area contributed by atoms with E-state index in [2.05, 4.69) is 5.32 Å². The first-order chi connectivity index (χ1) is 14.3. The van der Waals surface area contributed by atoms with Crippen LogP contribution in [0.2, 0.25) is 0 Å². The number of halogens is 2. The molecule has 30 heavy (non-hydrogen) atoms. The van der Waals surface area contributed by atoms with E-state index in [9.17, 15) is 26.8 Å². The molecule has 160 valence electrons. The minimum absolute atomic E-state index is 0.150. The zero-order chi connectivity index (χ0) is 21.7. The number of esters is 1. The number of amides is 1. The molecule has 1 aliphatic heterocycles. The monoisotopic (exact) mass is 438 g/mol. The summed E-state index contributed by atoms with van der Waals surface area (Å²) < 4.78 is 58.1. The fourth-order valence-electron chi connectivity index (χ4n) is 3.11. The first-order valence-electron chi connectivity index (χ1n) is 9.24. The first kappa shape index (κ1) is 21.8. The zero-order valence-electron chi connectivity index (χ0n) is 15.9. The van der Waals surface area contributed by atoms with E-state index in [1.54, 1.807) is 18.2 Å². The van der Waals surface area contributed by atoms with Crippen LogP contribution in [0, 0.1) is 17.6 Å². The number of sulfonamides is 1. The van der Waals surface area contributed by atoms with Gasteiger partial charge in [-0.15, -0.1) is 0 Å². The highest BCUT2D eigenvalue weighted by Crippen LogP contribution is 2.24. The smallest absolute Gasteiger partial charge is 0.309 e. The molecule has 2 aromatic rings. The largest absolute Gasteiger partial charge is 0.455 e. The molecule has 1 amide bonds. The molecule has 3 rings (SSSR count). The zero-order valence-corrected chi connectivity index (χ0v) is 16.7. The standard InChI is InChI=1S/C20H20F2N2O5S/c21-15-6-7-17(22)18(12-15)23-19(25)13-29-20(26)14-8-10-24(11-9-14)30(27,28)16-4-2-1-3-5-16/h1-7,12,14H,8-11,13H2,(H,23,25). The second-order valence-electron chi connectivity index (χ2n) is 6.77. The third-order valence-electron chi connectivity index (χ3n) is 4.72. The fourth-order valence-corrected chi connectivity index (χ4v) is 4.60. The summed E-state index contributed by atoms with van der Waals surface area (Å²) in [4.78, 5) is 24.2. The van der Waals surface area contributed by atoms with Crippen LogP contribution < -0.4 is 5.32 Å². The second-order valence-corrected chi connectivity index (χ2v) is 8.71. The summed E-state index contributed by atoms with van der Waals surface area (Å²) in [6.07, 6.45) is 0.510. The number of hydrogen-bond donors (Lipinski definition) is 1. The summed E-state index contributed by atoms with van der Waals surface area (Å²) in [6.45, 7) is -0.354. The number of carbonyl (C=O) groups is 2. The van der Waals surface area contributed by atoms with Crippen LogP contribution in [0.4, 0.5) is 14.5 Å². The van der Waals surface area contributed by atoms with Crippen molar-refractivity contribution in [3.05, 3.63) is 60.2 Å². The van der Waals surface area contributed by atoms with Crippen molar-refractivity contribution in [3.8, 4) is 0 Å². The van der Waals surface area contributed by atoms with Crippen LogP contribution in [0.25, 0.3) is 0 Å². The number of nitrogens with one attached hydrogen (secondary N) is 1. The van der Waals surface area contributed by atoms with Crippen molar-refractivity contribution in [3.63, 3.8) is 0 Å². The van der Waals surface area contributed by atoms with Crippen molar-refractivity contribution in [2.75, 3.05) is 25.0 Å². The van der Waals surface area contributed by atoms with E-state index in [1.165, 1.54) is 16.4 Å². The van der Waals surface area contributed by atoms with Crippen LogP contribution in [0.5, 0.6) is 0 Å². The lowest BCUT2D eigenvalue weighted by Gasteiger charge is -2.30. The summed E-state index contributed by atoms with van der Waals surface area (Å²) in [6, 6.07) is 10.6. The van der Waals surface area contributed by atoms with E-state index >= 15 is 0 Å². The molecule has 1 aliphatic rings. The molecule has 1 N–H and O–H groups in total. The first-order valence-corrected chi connectivity index (χ1v) is 10.7. The summed E-state index contributed by atoms with van der Waals surface area (Å²) >= 11 is 0. The maximum atomic E-state index is 13.5. The molecule has 7 nitrogen and oxygen atoms in total. The van der Waals surface area contributed by atoms with Gasteiger partial charge in [-0.1, -0.05) is 18.2 Å². The Morgan fingerprint density at radius 1 is 1.07 bits per heavy atom. The highest BCUT2D eigenvalue weighted by atomic mass is 32.2. The molecule has 0 atom stereocenters. The number of rotatable bonds is 6. The van der Waals surface area contributed by atoms with Gasteiger partial charge in [0.05, 0.1) is 16.5 Å². The Hall–Kier alpha value is -2.85. The molecule has 1 saturated heterocycles. The second kappa shape index (κ2) is 9.31. The van der Waals surface area contributed by atoms with E-state index in [4.69, 9.17) is 4.74 Å². The maximum absolute atomic E-state index is 13.5. The molecule has 0 spiro atoms. The Morgan fingerprint density at radius 2 is 1.73 bits per heavy atom. The fraction of sp³-hybridized carbons (Fsp3) is 0.300. The molecule has 0 bridgehead atoms. The topological polar surface area (TPSA) is 92.8 Å². The Bertz CT molecular complexity index is 1020. The van der Waals surface area contributed by atoms with Crippen LogP contribution >= 0.6 is 0 Å². The van der Waals surface area contributed by atoms with Gasteiger partial charge in [0.15, 0.2) is 6.61 Å². The van der Waals surface area contributed by atoms with Crippen molar-refractivity contribution in [2.24, 2.45) is 5.92 Å². The van der Waals surface area contributed by atoms with Crippen molar-refractivity contribution < 1.29 is 31.5 Å². The van der Waals surface area contributed by atoms with Crippen LogP contribution in [0.15, 0.2) is 53.4 Å². The molecule has 1 heterocycles. The molecule has 1 fully saturated rings. The molecule has 0 unspecified atom stereocenters. The maximum Gasteiger partial charge on any atom is 0.309 e. The average molecular weight is 438 g/mol. The van der Waals surface area contributed by atoms with Gasteiger partial charge in [-0.05, 0) is 37.1 Å². The molecule has 0 radical (unpaired) electrons. The van der Waals surface area contributed by atoms with Crippen molar-refractivity contribution in [2.45, 2.75) is 17.7 Å². The van der Waals surface area contributed by atoms with Gasteiger partial charge in [0.1, 0.15) is 11.6 Å². The van der Waals surface area contributed by atoms with E-state index in [-0.39, 0.29) is 36.5 Å². The van der Waals surface area contributed by atoms with Crippen LogP contribution in [-0.4, -0.2) is 44.3 Å². The predicted octanol–water partition coefficient (Wildman–Crippen LogP) is 2.55. The highest BCUT2D eigenvalue weighted by Gasteiger charge is 2.32. The van der Waals surface area contributed by atoms with Crippen molar-refractivity contribution >= 4 is 27.6 Å². The van der Waals surface area contributed by atoms with Gasteiger partial charge in [0.2, 0.25) is 10.0 Å². The average Bonchev–Trinajstić information content (AvgIpc) is 2.75. The Morgan fingerprint density at radius 3 is 2.40 bits per heavy atom. The van der Waals surface area contributed by atoms with Gasteiger partial charge in [0, 0.05) is 19.2 Å². The normalized spacial score (nSPS) is 15.5. The molecule has 0 aliphatic carbocycles. The molecular formula is C20H20F2N2O5S. The lowest BCUT2D eigenvalue weighted by molar-refractivity contribution is -0.152. The third kappa shape index (κ3) is 5.19. The molecular weight excluding hydrogens is 418 g/mol. The highest BCUT2D eigenvalue weighted by molar-refractivity contribution is 7.89. The van der Waals surface area contributed by atoms with Gasteiger partial charge in [-0.3, -0.25) is 9.59 Å². The van der Waals surface area contributed by atoms with E-state index in [0.29, 0.717) is 0 Å². The van der Waals surface area contributed by atoms with E-state index in [0.717, 1.165) is 18.2 Å². The summed E-state index contributed by atoms with van der Waals surface area (Å²) in [5.74, 6) is -3.53. The van der Waals surface area contributed by atoms with Gasteiger partial charge in [0.25, 0.3) is 5.91 Å². The van der Waals surface area contributed by atoms with E-state index in [1.807, 2.05) is 0 Å². The van der Waals surface area contributed by atoms with Crippen LogP contribution in [-0.2, 0) is 24.3 Å². The van der Waals surface area contributed by atoms with Gasteiger partial charge in [-0.2, -0.15) is 4.31 Å². The number of anilines is 1. The minimum Gasteiger partial charge on any atom is -0.455 e. The van der Waals surface area contributed by atoms with Gasteiger partial charge >= 0.3 is 5.97 Å². The van der Waals surface area contributed by atoms with Crippen LogP contribution in [0.3, 0.4) is 0 Å². The summed E-state index contributed by atoms with van der Waals surface area (Å²) in [5, 5.41) is 2.14. The predicted molar refractivity (Wildman–Crippen MR) is 104 cm³/mol. The quantitative estimate of drug-likeness (QED) is 0.700. The Labute approximate surface area is 172 Å². The lowest BCUT2D eigenvalue weighted by atomic mass is 9.98. The number of ether oxygens (including phenoxy) is 1. The van der Waals surface area contributed by atoms with E-state index < -0.39 is 46.1 Å². The molecule has 2 aromatic carbocycles. The number of benzene rings is 2. The van der Waals surface area contributed by atoms with Crippen molar-refractivity contribution in [1.82, 2.24) is 4.31 Å². The van der Waals surface area contributed by atoms with Crippen molar-refractivity contribution in [1.29, 1.82) is 0 Å². The Kier molecular flexibility index (Phi) is 6.78. The summed E-state index contributed by atoms with van der Waals surface area (Å²) in [5.41, 5.74) is -0.351. The SMILES string of the molecule is O=C(COC(=O)C1CCN(S(=O)(=O)c2ccccc2)CC1)Nc1cc(F)ccc1F.